The Morgan fingerprint density at radius 3 is 1.80 bits per heavy atom. The van der Waals surface area contributed by atoms with Crippen LogP contribution in [0.15, 0.2) is 211 Å². The molecular weight excluding hydrogens is 669 g/mol. The lowest BCUT2D eigenvalue weighted by Gasteiger charge is -2.26. The molecule has 0 aliphatic carbocycles. The molecule has 0 unspecified atom stereocenters. The van der Waals surface area contributed by atoms with Gasteiger partial charge in [0.05, 0.1) is 11.0 Å². The zero-order chi connectivity index (χ0) is 36.3. The Labute approximate surface area is 318 Å². The van der Waals surface area contributed by atoms with Crippen LogP contribution < -0.4 is 4.90 Å². The number of anilines is 3. The van der Waals surface area contributed by atoms with Crippen molar-refractivity contribution in [1.29, 1.82) is 0 Å². The molecule has 0 radical (unpaired) electrons. The van der Waals surface area contributed by atoms with Crippen molar-refractivity contribution in [3.8, 4) is 27.9 Å². The molecular formula is C52H34N2O. The Balaban J connectivity index is 1.26. The number of furan rings is 1. The van der Waals surface area contributed by atoms with Gasteiger partial charge in [-0.1, -0.05) is 140 Å². The van der Waals surface area contributed by atoms with Crippen molar-refractivity contribution in [3.63, 3.8) is 0 Å². The van der Waals surface area contributed by atoms with Crippen LogP contribution in [-0.4, -0.2) is 4.57 Å². The molecule has 258 valence electrons. The van der Waals surface area contributed by atoms with E-state index in [1.165, 1.54) is 38.2 Å². The van der Waals surface area contributed by atoms with Crippen LogP contribution in [0.4, 0.5) is 17.1 Å². The summed E-state index contributed by atoms with van der Waals surface area (Å²) in [4.78, 5) is 2.32. The van der Waals surface area contributed by atoms with Crippen LogP contribution in [0.3, 0.4) is 0 Å². The average molecular weight is 703 g/mol. The molecule has 0 aliphatic rings. The minimum absolute atomic E-state index is 0.872. The number of hydrogen-bond donors (Lipinski definition) is 0. The molecule has 2 aromatic heterocycles. The number of hydrogen-bond acceptors (Lipinski definition) is 2. The van der Waals surface area contributed by atoms with Crippen molar-refractivity contribution in [2.45, 2.75) is 0 Å². The second kappa shape index (κ2) is 12.6. The normalized spacial score (nSPS) is 11.6. The van der Waals surface area contributed by atoms with Crippen molar-refractivity contribution in [3.05, 3.63) is 206 Å². The second-order valence-electron chi connectivity index (χ2n) is 14.1. The smallest absolute Gasteiger partial charge is 0.138 e. The van der Waals surface area contributed by atoms with Crippen molar-refractivity contribution in [2.75, 3.05) is 4.90 Å². The van der Waals surface area contributed by atoms with Crippen LogP contribution in [-0.2, 0) is 0 Å². The van der Waals surface area contributed by atoms with E-state index in [0.717, 1.165) is 61.3 Å². The summed E-state index contributed by atoms with van der Waals surface area (Å²) in [6.45, 7) is 0. The van der Waals surface area contributed by atoms with Crippen LogP contribution in [0, 0.1) is 0 Å². The van der Waals surface area contributed by atoms with Gasteiger partial charge in [0.25, 0.3) is 0 Å². The van der Waals surface area contributed by atoms with Gasteiger partial charge < -0.3 is 13.9 Å². The fraction of sp³-hybridized carbons (Fsp3) is 0. The minimum atomic E-state index is 0.872. The zero-order valence-corrected chi connectivity index (χ0v) is 29.9. The highest BCUT2D eigenvalue weighted by atomic mass is 16.3. The summed E-state index contributed by atoms with van der Waals surface area (Å²) in [5.41, 5.74) is 13.1. The molecule has 0 amide bonds. The van der Waals surface area contributed by atoms with E-state index in [0.29, 0.717) is 0 Å². The summed E-state index contributed by atoms with van der Waals surface area (Å²) >= 11 is 0. The Morgan fingerprint density at radius 2 is 1.02 bits per heavy atom. The van der Waals surface area contributed by atoms with E-state index in [4.69, 9.17) is 4.42 Å². The van der Waals surface area contributed by atoms with Crippen molar-refractivity contribution < 1.29 is 4.42 Å². The van der Waals surface area contributed by atoms with Gasteiger partial charge in [0.2, 0.25) is 0 Å². The lowest BCUT2D eigenvalue weighted by atomic mass is 9.93. The predicted molar refractivity (Wildman–Crippen MR) is 231 cm³/mol. The third kappa shape index (κ3) is 5.05. The summed E-state index contributed by atoms with van der Waals surface area (Å²) in [5, 5.41) is 7.13. The maximum Gasteiger partial charge on any atom is 0.138 e. The molecule has 0 saturated heterocycles. The Kier molecular flexibility index (Phi) is 7.17. The summed E-state index contributed by atoms with van der Waals surface area (Å²) in [5.74, 6) is 0. The molecule has 9 aromatic carbocycles. The third-order valence-electron chi connectivity index (χ3n) is 10.9. The highest BCUT2D eigenvalue weighted by molar-refractivity contribution is 6.27. The minimum Gasteiger partial charge on any atom is -0.456 e. The number of fused-ring (bicyclic) bond motifs is 7. The SMILES string of the molecule is c1ccc(-c2c3c(cc4c2c2cc(-c5cccc6ccccc56)ccc2n4-c2cccc(N(c4ccccc4)c4ccccc4)c2)oc2ccccc23)cc1. The van der Waals surface area contributed by atoms with E-state index in [2.05, 4.69) is 216 Å². The molecule has 55 heavy (non-hydrogen) atoms. The summed E-state index contributed by atoms with van der Waals surface area (Å²) in [6.07, 6.45) is 0. The van der Waals surface area contributed by atoms with Gasteiger partial charge in [-0.2, -0.15) is 0 Å². The molecule has 0 saturated carbocycles. The van der Waals surface area contributed by atoms with Gasteiger partial charge in [0.15, 0.2) is 0 Å². The van der Waals surface area contributed by atoms with Crippen LogP contribution in [0.25, 0.3) is 82.5 Å². The van der Waals surface area contributed by atoms with E-state index in [1.807, 2.05) is 0 Å². The van der Waals surface area contributed by atoms with Crippen LogP contribution >= 0.6 is 0 Å². The van der Waals surface area contributed by atoms with Crippen LogP contribution in [0.1, 0.15) is 0 Å². The molecule has 3 nitrogen and oxygen atoms in total. The highest BCUT2D eigenvalue weighted by Gasteiger charge is 2.24. The molecule has 0 N–H and O–H groups in total. The molecule has 0 fully saturated rings. The van der Waals surface area contributed by atoms with E-state index in [9.17, 15) is 0 Å². The first kappa shape index (κ1) is 31.2. The molecule has 11 aromatic rings. The van der Waals surface area contributed by atoms with Gasteiger partial charge in [0.1, 0.15) is 11.2 Å². The predicted octanol–water partition coefficient (Wildman–Crippen LogP) is 14.6. The van der Waals surface area contributed by atoms with Crippen molar-refractivity contribution in [2.24, 2.45) is 0 Å². The van der Waals surface area contributed by atoms with E-state index in [1.54, 1.807) is 0 Å². The highest BCUT2D eigenvalue weighted by Crippen LogP contribution is 2.47. The zero-order valence-electron chi connectivity index (χ0n) is 29.9. The van der Waals surface area contributed by atoms with Crippen molar-refractivity contribution in [1.82, 2.24) is 4.57 Å². The summed E-state index contributed by atoms with van der Waals surface area (Å²) in [6, 6.07) is 73.8. The Morgan fingerprint density at radius 1 is 0.382 bits per heavy atom. The fourth-order valence-electron chi connectivity index (χ4n) is 8.57. The van der Waals surface area contributed by atoms with Gasteiger partial charge >= 0.3 is 0 Å². The number of benzene rings is 9. The number of nitrogens with zero attached hydrogens (tertiary/aromatic N) is 2. The second-order valence-corrected chi connectivity index (χ2v) is 14.1. The van der Waals surface area contributed by atoms with Crippen molar-refractivity contribution >= 4 is 71.6 Å². The lowest BCUT2D eigenvalue weighted by Crippen LogP contribution is -2.10. The van der Waals surface area contributed by atoms with Crippen LogP contribution in [0.5, 0.6) is 0 Å². The first-order valence-corrected chi connectivity index (χ1v) is 18.8. The topological polar surface area (TPSA) is 21.3 Å². The third-order valence-corrected chi connectivity index (χ3v) is 10.9. The fourth-order valence-corrected chi connectivity index (χ4v) is 8.57. The van der Waals surface area contributed by atoms with E-state index >= 15 is 0 Å². The monoisotopic (exact) mass is 702 g/mol. The Hall–Kier alpha value is -7.36. The van der Waals surface area contributed by atoms with E-state index < -0.39 is 0 Å². The molecule has 0 aliphatic heterocycles. The number of rotatable bonds is 6. The van der Waals surface area contributed by atoms with Gasteiger partial charge in [-0.05, 0) is 88.1 Å². The molecule has 2 heterocycles. The van der Waals surface area contributed by atoms with Crippen LogP contribution in [0.2, 0.25) is 0 Å². The molecule has 0 atom stereocenters. The molecule has 3 heteroatoms. The largest absolute Gasteiger partial charge is 0.456 e. The maximum absolute atomic E-state index is 6.71. The number of aromatic nitrogens is 1. The van der Waals surface area contributed by atoms with Gasteiger partial charge in [-0.25, -0.2) is 0 Å². The molecule has 0 bridgehead atoms. The Bertz CT molecular complexity index is 3150. The summed E-state index contributed by atoms with van der Waals surface area (Å²) < 4.78 is 9.13. The molecule has 11 rings (SSSR count). The molecule has 0 spiro atoms. The average Bonchev–Trinajstić information content (AvgIpc) is 3.79. The quantitative estimate of drug-likeness (QED) is 0.172. The maximum atomic E-state index is 6.71. The number of para-hydroxylation sites is 3. The lowest BCUT2D eigenvalue weighted by molar-refractivity contribution is 0.669. The van der Waals surface area contributed by atoms with Gasteiger partial charge in [-0.15, -0.1) is 0 Å². The standard InChI is InChI=1S/C52H34N2O/c1-4-17-36(18-5-1)50-51-45-32-37(43-28-14-19-35-16-10-11-26-42(35)43)30-31-46(45)54(47(51)34-49-52(50)44-27-12-13-29-48(44)55-49)41-25-15-24-40(33-41)53(38-20-6-2-7-21-38)39-22-8-3-9-23-39/h1-34H. The first-order valence-electron chi connectivity index (χ1n) is 18.8. The van der Waals surface area contributed by atoms with Gasteiger partial charge in [0, 0.05) is 55.9 Å². The van der Waals surface area contributed by atoms with Gasteiger partial charge in [-0.3, -0.25) is 0 Å². The first-order chi connectivity index (χ1) is 27.3. The van der Waals surface area contributed by atoms with E-state index in [-0.39, 0.29) is 0 Å². The summed E-state index contributed by atoms with van der Waals surface area (Å²) in [7, 11) is 0.